The van der Waals surface area contributed by atoms with Crippen LogP contribution in [0.25, 0.3) is 43.8 Å². The average molecular weight is 462 g/mol. The standard InChI is InChI=1S/C35H27N/c1-35(2)31-15-7-12-26-22-30(29-14-8-16-32(35)34(29)33(26)31)25-11-6-13-28(21-25)36-27-19-17-24(18-20-27)23-9-4-3-5-10-23/h3-22,36H,1-2H3. The van der Waals surface area contributed by atoms with Crippen LogP contribution >= 0.6 is 0 Å². The van der Waals surface area contributed by atoms with Gasteiger partial charge in [-0.1, -0.05) is 105 Å². The third-order valence-corrected chi connectivity index (χ3v) is 7.80. The van der Waals surface area contributed by atoms with Gasteiger partial charge in [-0.2, -0.15) is 0 Å². The number of hydrogen-bond acceptors (Lipinski definition) is 1. The smallest absolute Gasteiger partial charge is 0.0390 e. The summed E-state index contributed by atoms with van der Waals surface area (Å²) in [4.78, 5) is 0. The molecular weight excluding hydrogens is 434 g/mol. The first-order chi connectivity index (χ1) is 17.6. The van der Waals surface area contributed by atoms with Crippen LogP contribution in [0, 0.1) is 0 Å². The van der Waals surface area contributed by atoms with Crippen molar-refractivity contribution in [3.8, 4) is 22.3 Å². The van der Waals surface area contributed by atoms with Crippen LogP contribution in [-0.2, 0) is 5.41 Å². The van der Waals surface area contributed by atoms with Crippen molar-refractivity contribution in [1.82, 2.24) is 0 Å². The maximum atomic E-state index is 3.61. The minimum Gasteiger partial charge on any atom is -0.356 e. The van der Waals surface area contributed by atoms with Crippen molar-refractivity contribution in [3.05, 3.63) is 132 Å². The van der Waals surface area contributed by atoms with E-state index in [4.69, 9.17) is 0 Å². The van der Waals surface area contributed by atoms with E-state index in [9.17, 15) is 0 Å². The first-order valence-electron chi connectivity index (χ1n) is 12.6. The molecule has 0 bridgehead atoms. The van der Waals surface area contributed by atoms with E-state index in [1.165, 1.54) is 54.9 Å². The molecule has 0 atom stereocenters. The van der Waals surface area contributed by atoms with Crippen molar-refractivity contribution in [1.29, 1.82) is 0 Å². The predicted molar refractivity (Wildman–Crippen MR) is 154 cm³/mol. The van der Waals surface area contributed by atoms with Crippen LogP contribution in [0.5, 0.6) is 0 Å². The summed E-state index contributed by atoms with van der Waals surface area (Å²) < 4.78 is 0. The first kappa shape index (κ1) is 21.0. The Hall–Kier alpha value is -4.36. The lowest BCUT2D eigenvalue weighted by Gasteiger charge is -2.21. The molecule has 1 N–H and O–H groups in total. The highest BCUT2D eigenvalue weighted by molar-refractivity contribution is 6.19. The highest BCUT2D eigenvalue weighted by Crippen LogP contribution is 2.50. The molecule has 0 radical (unpaired) electrons. The minimum absolute atomic E-state index is 0.0231. The second-order valence-corrected chi connectivity index (χ2v) is 10.3. The summed E-state index contributed by atoms with van der Waals surface area (Å²) in [5.74, 6) is 0. The molecule has 1 heteroatoms. The van der Waals surface area contributed by atoms with Crippen molar-refractivity contribution >= 4 is 32.9 Å². The van der Waals surface area contributed by atoms with Crippen molar-refractivity contribution in [2.24, 2.45) is 0 Å². The van der Waals surface area contributed by atoms with Gasteiger partial charge in [-0.3, -0.25) is 0 Å². The molecule has 0 aromatic heterocycles. The Labute approximate surface area is 212 Å². The normalized spacial score (nSPS) is 13.5. The summed E-state index contributed by atoms with van der Waals surface area (Å²) in [5.41, 5.74) is 10.0. The van der Waals surface area contributed by atoms with E-state index in [1.807, 2.05) is 0 Å². The van der Waals surface area contributed by atoms with E-state index in [-0.39, 0.29) is 5.41 Å². The van der Waals surface area contributed by atoms with Gasteiger partial charge in [0.15, 0.2) is 0 Å². The molecule has 6 aromatic carbocycles. The fraction of sp³-hybridized carbons (Fsp3) is 0.0857. The van der Waals surface area contributed by atoms with E-state index in [2.05, 4.69) is 140 Å². The van der Waals surface area contributed by atoms with Gasteiger partial charge in [0.05, 0.1) is 0 Å². The molecular formula is C35H27N. The Kier molecular flexibility index (Phi) is 4.56. The van der Waals surface area contributed by atoms with E-state index in [0.29, 0.717) is 0 Å². The highest BCUT2D eigenvalue weighted by Gasteiger charge is 2.34. The summed E-state index contributed by atoms with van der Waals surface area (Å²) in [6.45, 7) is 4.70. The van der Waals surface area contributed by atoms with Crippen LogP contribution in [-0.4, -0.2) is 0 Å². The summed E-state index contributed by atoms with van der Waals surface area (Å²) in [6.07, 6.45) is 0. The van der Waals surface area contributed by atoms with Crippen molar-refractivity contribution in [3.63, 3.8) is 0 Å². The zero-order valence-corrected chi connectivity index (χ0v) is 20.5. The van der Waals surface area contributed by atoms with Gasteiger partial charge in [-0.05, 0) is 85.3 Å². The molecule has 0 amide bonds. The van der Waals surface area contributed by atoms with Gasteiger partial charge in [0, 0.05) is 16.8 Å². The Bertz CT molecular complexity index is 1760. The van der Waals surface area contributed by atoms with Crippen molar-refractivity contribution in [2.75, 3.05) is 5.32 Å². The molecule has 0 spiro atoms. The summed E-state index contributed by atoms with van der Waals surface area (Å²) in [5, 5.41) is 9.11. The van der Waals surface area contributed by atoms with Gasteiger partial charge >= 0.3 is 0 Å². The van der Waals surface area contributed by atoms with Gasteiger partial charge in [0.1, 0.15) is 0 Å². The molecule has 1 aliphatic rings. The molecule has 1 aliphatic carbocycles. The van der Waals surface area contributed by atoms with Gasteiger partial charge < -0.3 is 5.32 Å². The summed E-state index contributed by atoms with van der Waals surface area (Å²) in [6, 6.07) is 43.9. The number of rotatable bonds is 4. The number of hydrogen-bond donors (Lipinski definition) is 1. The second-order valence-electron chi connectivity index (χ2n) is 10.3. The van der Waals surface area contributed by atoms with Gasteiger partial charge in [-0.25, -0.2) is 0 Å². The van der Waals surface area contributed by atoms with Gasteiger partial charge in [-0.15, -0.1) is 0 Å². The van der Waals surface area contributed by atoms with Crippen LogP contribution < -0.4 is 5.32 Å². The lowest BCUT2D eigenvalue weighted by Crippen LogP contribution is -2.14. The molecule has 7 rings (SSSR count). The zero-order valence-electron chi connectivity index (χ0n) is 20.5. The average Bonchev–Trinajstić information content (AvgIpc) is 3.16. The van der Waals surface area contributed by atoms with Crippen LogP contribution in [0.4, 0.5) is 11.4 Å². The lowest BCUT2D eigenvalue weighted by molar-refractivity contribution is 0.663. The SMILES string of the molecule is CC1(C)c2cccc3cc(-c4cccc(Nc5ccc(-c6ccccc6)cc5)c4)c4cccc1c4c23. The molecule has 0 fully saturated rings. The Morgan fingerprint density at radius 2 is 1.17 bits per heavy atom. The van der Waals surface area contributed by atoms with E-state index in [1.54, 1.807) is 0 Å². The van der Waals surface area contributed by atoms with Gasteiger partial charge in [0.2, 0.25) is 0 Å². The molecule has 6 aromatic rings. The van der Waals surface area contributed by atoms with E-state index < -0.39 is 0 Å². The molecule has 0 saturated heterocycles. The fourth-order valence-corrected chi connectivity index (χ4v) is 5.98. The van der Waals surface area contributed by atoms with Crippen LogP contribution in [0.2, 0.25) is 0 Å². The maximum absolute atomic E-state index is 3.61. The zero-order chi connectivity index (χ0) is 24.3. The quantitative estimate of drug-likeness (QED) is 0.258. The Balaban J connectivity index is 1.29. The third kappa shape index (κ3) is 3.17. The predicted octanol–water partition coefficient (Wildman–Crippen LogP) is 9.71. The third-order valence-electron chi connectivity index (χ3n) is 7.80. The first-order valence-corrected chi connectivity index (χ1v) is 12.6. The lowest BCUT2D eigenvalue weighted by atomic mass is 9.82. The Morgan fingerprint density at radius 1 is 0.500 bits per heavy atom. The Morgan fingerprint density at radius 3 is 1.97 bits per heavy atom. The topological polar surface area (TPSA) is 12.0 Å². The highest BCUT2D eigenvalue weighted by atomic mass is 14.9. The van der Waals surface area contributed by atoms with Crippen molar-refractivity contribution < 1.29 is 0 Å². The molecule has 0 aliphatic heterocycles. The number of anilines is 2. The van der Waals surface area contributed by atoms with Crippen LogP contribution in [0.3, 0.4) is 0 Å². The molecule has 0 saturated carbocycles. The molecule has 36 heavy (non-hydrogen) atoms. The number of benzene rings is 6. The van der Waals surface area contributed by atoms with Gasteiger partial charge in [0.25, 0.3) is 0 Å². The maximum Gasteiger partial charge on any atom is 0.0390 e. The van der Waals surface area contributed by atoms with Crippen LogP contribution in [0.15, 0.2) is 121 Å². The monoisotopic (exact) mass is 461 g/mol. The van der Waals surface area contributed by atoms with Crippen molar-refractivity contribution in [2.45, 2.75) is 19.3 Å². The minimum atomic E-state index is 0.0231. The summed E-state index contributed by atoms with van der Waals surface area (Å²) in [7, 11) is 0. The second kappa shape index (κ2) is 7.83. The largest absolute Gasteiger partial charge is 0.356 e. The number of nitrogens with one attached hydrogen (secondary N) is 1. The molecule has 0 unspecified atom stereocenters. The summed E-state index contributed by atoms with van der Waals surface area (Å²) >= 11 is 0. The van der Waals surface area contributed by atoms with Crippen LogP contribution in [0.1, 0.15) is 25.0 Å². The van der Waals surface area contributed by atoms with E-state index >= 15 is 0 Å². The molecule has 1 nitrogen and oxygen atoms in total. The molecule has 172 valence electrons. The van der Waals surface area contributed by atoms with E-state index in [0.717, 1.165) is 11.4 Å². The fourth-order valence-electron chi connectivity index (χ4n) is 5.98. The molecule has 0 heterocycles.